The lowest BCUT2D eigenvalue weighted by molar-refractivity contribution is -0.154. The van der Waals surface area contributed by atoms with Gasteiger partial charge in [-0.25, -0.2) is 0 Å². The van der Waals surface area contributed by atoms with Gasteiger partial charge < -0.3 is 15.7 Å². The Kier molecular flexibility index (Phi) is 5.32. The summed E-state index contributed by atoms with van der Waals surface area (Å²) in [5.74, 6) is -1.57. The number of carbonyl (C=O) groups excluding carboxylic acids is 2. The molecule has 6 heteroatoms. The van der Waals surface area contributed by atoms with Gasteiger partial charge in [0, 0.05) is 13.5 Å². The molecule has 0 radical (unpaired) electrons. The summed E-state index contributed by atoms with van der Waals surface area (Å²) in [6.07, 6.45) is 3.71. The molecule has 0 spiro atoms. The van der Waals surface area contributed by atoms with Crippen LogP contribution < -0.4 is 10.6 Å². The molecule has 1 atom stereocenters. The number of nitrogens with one attached hydrogen (secondary N) is 2. The average Bonchev–Trinajstić information content (AvgIpc) is 2.38. The standard InChI is InChI=1S/C13H22N2O4/c1-9(11(17)14-2)15-10(16)8-13(12(18)19)6-4-3-5-7-13/h9H,3-8H2,1-2H3,(H,14,17)(H,15,16)(H,18,19). The van der Waals surface area contributed by atoms with Crippen LogP contribution in [-0.4, -0.2) is 36.0 Å². The topological polar surface area (TPSA) is 95.5 Å². The molecule has 1 unspecified atom stereocenters. The maximum Gasteiger partial charge on any atom is 0.310 e. The zero-order valence-corrected chi connectivity index (χ0v) is 11.5. The molecule has 108 valence electrons. The number of rotatable bonds is 5. The second-order valence-electron chi connectivity index (χ2n) is 5.23. The van der Waals surface area contributed by atoms with Gasteiger partial charge in [0.2, 0.25) is 11.8 Å². The molecule has 0 aromatic carbocycles. The van der Waals surface area contributed by atoms with E-state index in [1.54, 1.807) is 6.92 Å². The first-order chi connectivity index (χ1) is 8.91. The van der Waals surface area contributed by atoms with Crippen molar-refractivity contribution in [3.05, 3.63) is 0 Å². The predicted molar refractivity (Wildman–Crippen MR) is 69.4 cm³/mol. The molecule has 0 bridgehead atoms. The molecule has 0 aromatic rings. The summed E-state index contributed by atoms with van der Waals surface area (Å²) in [4.78, 5) is 34.6. The highest BCUT2D eigenvalue weighted by Crippen LogP contribution is 2.39. The van der Waals surface area contributed by atoms with Crippen LogP contribution in [0.4, 0.5) is 0 Å². The highest BCUT2D eigenvalue weighted by Gasteiger charge is 2.41. The molecule has 0 aromatic heterocycles. The molecule has 6 nitrogen and oxygen atoms in total. The van der Waals surface area contributed by atoms with E-state index in [2.05, 4.69) is 10.6 Å². The largest absolute Gasteiger partial charge is 0.481 e. The number of carboxylic acids is 1. The molecule has 19 heavy (non-hydrogen) atoms. The Morgan fingerprint density at radius 3 is 2.26 bits per heavy atom. The predicted octanol–water partition coefficient (Wildman–Crippen LogP) is 0.662. The van der Waals surface area contributed by atoms with Crippen LogP contribution in [0.15, 0.2) is 0 Å². The average molecular weight is 270 g/mol. The molecule has 1 rings (SSSR count). The first-order valence-corrected chi connectivity index (χ1v) is 6.65. The summed E-state index contributed by atoms with van der Waals surface area (Å²) in [5, 5.41) is 14.3. The van der Waals surface area contributed by atoms with Crippen LogP contribution in [0.25, 0.3) is 0 Å². The molecule has 0 saturated heterocycles. The molecule has 1 fully saturated rings. The summed E-state index contributed by atoms with van der Waals surface area (Å²) in [6.45, 7) is 1.57. The van der Waals surface area contributed by atoms with Crippen LogP contribution in [0.2, 0.25) is 0 Å². The third-order valence-corrected chi connectivity index (χ3v) is 3.78. The highest BCUT2D eigenvalue weighted by atomic mass is 16.4. The van der Waals surface area contributed by atoms with Gasteiger partial charge in [-0.15, -0.1) is 0 Å². The van der Waals surface area contributed by atoms with Crippen molar-refractivity contribution >= 4 is 17.8 Å². The molecular weight excluding hydrogens is 248 g/mol. The normalized spacial score (nSPS) is 19.3. The fourth-order valence-electron chi connectivity index (χ4n) is 2.58. The van der Waals surface area contributed by atoms with Gasteiger partial charge in [0.15, 0.2) is 0 Å². The van der Waals surface area contributed by atoms with Gasteiger partial charge >= 0.3 is 5.97 Å². The van der Waals surface area contributed by atoms with Crippen LogP contribution in [-0.2, 0) is 14.4 Å². The number of aliphatic carboxylic acids is 1. The van der Waals surface area contributed by atoms with Gasteiger partial charge in [-0.2, -0.15) is 0 Å². The van der Waals surface area contributed by atoms with Gasteiger partial charge in [-0.1, -0.05) is 19.3 Å². The van der Waals surface area contributed by atoms with Crippen molar-refractivity contribution in [2.45, 2.75) is 51.5 Å². The number of carbonyl (C=O) groups is 3. The SMILES string of the molecule is CNC(=O)C(C)NC(=O)CC1(C(=O)O)CCCCC1. The lowest BCUT2D eigenvalue weighted by Gasteiger charge is -2.32. The van der Waals surface area contributed by atoms with Gasteiger partial charge in [-0.05, 0) is 19.8 Å². The van der Waals surface area contributed by atoms with Crippen molar-refractivity contribution in [3.8, 4) is 0 Å². The lowest BCUT2D eigenvalue weighted by atomic mass is 9.71. The molecule has 3 N–H and O–H groups in total. The van der Waals surface area contributed by atoms with Crippen LogP contribution in [0, 0.1) is 5.41 Å². The van der Waals surface area contributed by atoms with Crippen molar-refractivity contribution in [1.29, 1.82) is 0 Å². The van der Waals surface area contributed by atoms with E-state index in [9.17, 15) is 19.5 Å². The third kappa shape index (κ3) is 3.94. The summed E-state index contributed by atoms with van der Waals surface area (Å²) in [7, 11) is 1.49. The number of hydrogen-bond donors (Lipinski definition) is 3. The van der Waals surface area contributed by atoms with Crippen molar-refractivity contribution in [1.82, 2.24) is 10.6 Å². The third-order valence-electron chi connectivity index (χ3n) is 3.78. The van der Waals surface area contributed by atoms with Crippen molar-refractivity contribution in [3.63, 3.8) is 0 Å². The Balaban J connectivity index is 2.62. The fourth-order valence-corrected chi connectivity index (χ4v) is 2.58. The van der Waals surface area contributed by atoms with E-state index in [0.29, 0.717) is 12.8 Å². The molecule has 1 aliphatic carbocycles. The van der Waals surface area contributed by atoms with Gasteiger partial charge in [0.25, 0.3) is 0 Å². The zero-order valence-electron chi connectivity index (χ0n) is 11.5. The first kappa shape index (κ1) is 15.5. The maximum atomic E-state index is 11.9. The van der Waals surface area contributed by atoms with E-state index in [1.165, 1.54) is 7.05 Å². The molecule has 0 heterocycles. The van der Waals surface area contributed by atoms with E-state index < -0.39 is 17.4 Å². The van der Waals surface area contributed by atoms with Crippen LogP contribution in [0.3, 0.4) is 0 Å². The van der Waals surface area contributed by atoms with Gasteiger partial charge in [0.1, 0.15) is 6.04 Å². The smallest absolute Gasteiger partial charge is 0.310 e. The zero-order chi connectivity index (χ0) is 14.5. The van der Waals surface area contributed by atoms with E-state index in [0.717, 1.165) is 19.3 Å². The van der Waals surface area contributed by atoms with Crippen LogP contribution in [0.5, 0.6) is 0 Å². The second-order valence-corrected chi connectivity index (χ2v) is 5.23. The Hall–Kier alpha value is -1.59. The lowest BCUT2D eigenvalue weighted by Crippen LogP contribution is -2.46. The number of carboxylic acid groups (broad SMARTS) is 1. The van der Waals surface area contributed by atoms with E-state index >= 15 is 0 Å². The summed E-state index contributed by atoms with van der Waals surface area (Å²) >= 11 is 0. The van der Waals surface area contributed by atoms with Crippen LogP contribution in [0.1, 0.15) is 45.4 Å². The van der Waals surface area contributed by atoms with E-state index in [1.807, 2.05) is 0 Å². The monoisotopic (exact) mass is 270 g/mol. The van der Waals surface area contributed by atoms with E-state index in [4.69, 9.17) is 0 Å². The Labute approximate surface area is 112 Å². The summed E-state index contributed by atoms with van der Waals surface area (Å²) < 4.78 is 0. The highest BCUT2D eigenvalue weighted by molar-refractivity contribution is 5.89. The quantitative estimate of drug-likeness (QED) is 0.684. The number of amides is 2. The van der Waals surface area contributed by atoms with Crippen molar-refractivity contribution in [2.24, 2.45) is 5.41 Å². The summed E-state index contributed by atoms with van der Waals surface area (Å²) in [6, 6.07) is -0.646. The molecule has 1 aliphatic rings. The number of likely N-dealkylation sites (N-methyl/N-ethyl adjacent to an activating group) is 1. The number of hydrogen-bond acceptors (Lipinski definition) is 3. The van der Waals surface area contributed by atoms with Crippen molar-refractivity contribution in [2.75, 3.05) is 7.05 Å². The minimum Gasteiger partial charge on any atom is -0.481 e. The molecule has 0 aliphatic heterocycles. The Morgan fingerprint density at radius 2 is 1.79 bits per heavy atom. The van der Waals surface area contributed by atoms with E-state index in [-0.39, 0.29) is 18.2 Å². The van der Waals surface area contributed by atoms with Crippen molar-refractivity contribution < 1.29 is 19.5 Å². The second kappa shape index (κ2) is 6.54. The van der Waals surface area contributed by atoms with Gasteiger partial charge in [0.05, 0.1) is 5.41 Å². The van der Waals surface area contributed by atoms with Gasteiger partial charge in [-0.3, -0.25) is 14.4 Å². The molecule has 2 amide bonds. The molecular formula is C13H22N2O4. The van der Waals surface area contributed by atoms with Crippen LogP contribution >= 0.6 is 0 Å². The molecule has 1 saturated carbocycles. The fraction of sp³-hybridized carbons (Fsp3) is 0.769. The Morgan fingerprint density at radius 1 is 1.21 bits per heavy atom. The summed E-state index contributed by atoms with van der Waals surface area (Å²) in [5.41, 5.74) is -0.954. The first-order valence-electron chi connectivity index (χ1n) is 6.65. The minimum atomic E-state index is -0.954. The Bertz CT molecular complexity index is 362. The minimum absolute atomic E-state index is 0.0519. The maximum absolute atomic E-state index is 11.9.